The van der Waals surface area contributed by atoms with Crippen LogP contribution < -0.4 is 5.32 Å². The van der Waals surface area contributed by atoms with Crippen molar-refractivity contribution >= 4 is 21.8 Å². The van der Waals surface area contributed by atoms with Crippen LogP contribution >= 0.6 is 0 Å². The van der Waals surface area contributed by atoms with Gasteiger partial charge in [0, 0.05) is 37.6 Å². The van der Waals surface area contributed by atoms with Crippen LogP contribution in [0.25, 0.3) is 0 Å². The normalized spacial score (nSPS) is 17.6. The molecule has 4 rings (SSSR count). The topological polar surface area (TPSA) is 101 Å². The molecule has 1 aliphatic rings. The van der Waals surface area contributed by atoms with Crippen molar-refractivity contribution in [3.05, 3.63) is 65.9 Å². The van der Waals surface area contributed by atoms with Crippen molar-refractivity contribution in [3.63, 3.8) is 0 Å². The minimum Gasteiger partial charge on any atom is -0.307 e. The summed E-state index contributed by atoms with van der Waals surface area (Å²) in [6.45, 7) is 4.82. The molecule has 9 heteroatoms. The minimum absolute atomic E-state index is 0.00507. The van der Waals surface area contributed by atoms with E-state index >= 15 is 0 Å². The number of aromatic nitrogens is 4. The van der Waals surface area contributed by atoms with Crippen LogP contribution in [-0.2, 0) is 10.0 Å². The Hall–Kier alpha value is -2.91. The van der Waals surface area contributed by atoms with E-state index in [1.165, 1.54) is 0 Å². The van der Waals surface area contributed by atoms with Crippen LogP contribution in [0.15, 0.2) is 53.9 Å². The van der Waals surface area contributed by atoms with E-state index in [1.807, 2.05) is 26.0 Å². The lowest BCUT2D eigenvalue weighted by molar-refractivity contribution is 0.312. The van der Waals surface area contributed by atoms with Gasteiger partial charge in [0.2, 0.25) is 16.0 Å². The van der Waals surface area contributed by atoms with Gasteiger partial charge in [-0.1, -0.05) is 6.07 Å². The lowest BCUT2D eigenvalue weighted by atomic mass is 9.96. The number of anilines is 2. The van der Waals surface area contributed by atoms with E-state index in [-0.39, 0.29) is 5.92 Å². The third-order valence-electron chi connectivity index (χ3n) is 5.40. The molecule has 1 N–H and O–H groups in total. The Balaban J connectivity index is 1.54. The average molecular weight is 425 g/mol. The zero-order valence-corrected chi connectivity index (χ0v) is 17.8. The van der Waals surface area contributed by atoms with Crippen molar-refractivity contribution in [3.8, 4) is 0 Å². The molecule has 1 aliphatic heterocycles. The molecule has 0 saturated carbocycles. The molecule has 0 radical (unpaired) electrons. The highest BCUT2D eigenvalue weighted by molar-refractivity contribution is 7.89. The summed E-state index contributed by atoms with van der Waals surface area (Å²) in [6.07, 6.45) is 8.11. The summed E-state index contributed by atoms with van der Waals surface area (Å²) < 4.78 is 28.0. The Kier molecular flexibility index (Phi) is 5.74. The van der Waals surface area contributed by atoms with Crippen molar-refractivity contribution in [2.45, 2.75) is 37.5 Å². The zero-order chi connectivity index (χ0) is 21.1. The van der Waals surface area contributed by atoms with Crippen LogP contribution in [0, 0.1) is 13.8 Å². The van der Waals surface area contributed by atoms with Gasteiger partial charge in [0.25, 0.3) is 0 Å². The molecule has 30 heavy (non-hydrogen) atoms. The van der Waals surface area contributed by atoms with Gasteiger partial charge in [-0.2, -0.15) is 4.31 Å². The van der Waals surface area contributed by atoms with E-state index in [0.717, 1.165) is 29.7 Å². The van der Waals surface area contributed by atoms with Crippen LogP contribution in [0.1, 0.15) is 35.6 Å². The van der Waals surface area contributed by atoms with Crippen molar-refractivity contribution in [1.29, 1.82) is 0 Å². The SMILES string of the molecule is Cc1ccc(S(=O)(=O)N2CCC[C@H](c3ccnc(Nc4cnccn4)n3)C2)cc1C. The van der Waals surface area contributed by atoms with Gasteiger partial charge >= 0.3 is 0 Å². The number of benzene rings is 1. The van der Waals surface area contributed by atoms with Gasteiger partial charge in [-0.05, 0) is 56.0 Å². The van der Waals surface area contributed by atoms with Crippen LogP contribution in [0.5, 0.6) is 0 Å². The molecule has 1 atom stereocenters. The Morgan fingerprint density at radius 2 is 1.93 bits per heavy atom. The fourth-order valence-electron chi connectivity index (χ4n) is 3.56. The van der Waals surface area contributed by atoms with Gasteiger partial charge in [-0.3, -0.25) is 4.98 Å². The number of aryl methyl sites for hydroxylation is 2. The number of hydrogen-bond acceptors (Lipinski definition) is 7. The second-order valence-corrected chi connectivity index (χ2v) is 9.41. The summed E-state index contributed by atoms with van der Waals surface area (Å²) in [5.41, 5.74) is 2.87. The maximum absolute atomic E-state index is 13.2. The summed E-state index contributed by atoms with van der Waals surface area (Å²) in [7, 11) is -3.54. The molecule has 1 aromatic carbocycles. The number of nitrogens with zero attached hydrogens (tertiary/aromatic N) is 5. The van der Waals surface area contributed by atoms with E-state index in [4.69, 9.17) is 0 Å². The first kappa shape index (κ1) is 20.4. The van der Waals surface area contributed by atoms with Crippen molar-refractivity contribution < 1.29 is 8.42 Å². The summed E-state index contributed by atoms with van der Waals surface area (Å²) in [5, 5.41) is 3.03. The second-order valence-electron chi connectivity index (χ2n) is 7.47. The van der Waals surface area contributed by atoms with Crippen molar-refractivity contribution in [2.24, 2.45) is 0 Å². The van der Waals surface area contributed by atoms with E-state index in [2.05, 4.69) is 25.3 Å². The molecule has 1 saturated heterocycles. The minimum atomic E-state index is -3.54. The van der Waals surface area contributed by atoms with Gasteiger partial charge in [-0.15, -0.1) is 0 Å². The summed E-state index contributed by atoms with van der Waals surface area (Å²) in [6, 6.07) is 7.15. The van der Waals surface area contributed by atoms with Gasteiger partial charge in [0.1, 0.15) is 0 Å². The molecule has 3 heterocycles. The number of sulfonamides is 1. The van der Waals surface area contributed by atoms with E-state index in [0.29, 0.717) is 29.8 Å². The van der Waals surface area contributed by atoms with Gasteiger partial charge in [-0.25, -0.2) is 23.4 Å². The molecule has 3 aromatic rings. The highest BCUT2D eigenvalue weighted by Gasteiger charge is 2.31. The molecule has 0 bridgehead atoms. The van der Waals surface area contributed by atoms with Gasteiger partial charge < -0.3 is 5.32 Å². The molecule has 0 spiro atoms. The summed E-state index contributed by atoms with van der Waals surface area (Å²) in [4.78, 5) is 17.4. The molecule has 2 aromatic heterocycles. The first-order valence-corrected chi connectivity index (χ1v) is 11.3. The lowest BCUT2D eigenvalue weighted by Crippen LogP contribution is -2.39. The van der Waals surface area contributed by atoms with Gasteiger partial charge in [0.05, 0.1) is 16.8 Å². The highest BCUT2D eigenvalue weighted by Crippen LogP contribution is 2.30. The molecular weight excluding hydrogens is 400 g/mol. The molecule has 8 nitrogen and oxygen atoms in total. The zero-order valence-electron chi connectivity index (χ0n) is 17.0. The highest BCUT2D eigenvalue weighted by atomic mass is 32.2. The monoisotopic (exact) mass is 424 g/mol. The Morgan fingerprint density at radius 3 is 2.70 bits per heavy atom. The quantitative estimate of drug-likeness (QED) is 0.671. The molecule has 1 fully saturated rings. The largest absolute Gasteiger partial charge is 0.307 e. The Morgan fingerprint density at radius 1 is 1.07 bits per heavy atom. The summed E-state index contributed by atoms with van der Waals surface area (Å²) in [5.74, 6) is 0.977. The predicted octanol–water partition coefficient (Wildman–Crippen LogP) is 3.20. The van der Waals surface area contributed by atoms with Crippen LogP contribution in [0.4, 0.5) is 11.8 Å². The Labute approximate surface area is 176 Å². The maximum atomic E-state index is 13.2. The van der Waals surface area contributed by atoms with Crippen LogP contribution in [0.2, 0.25) is 0 Å². The predicted molar refractivity (Wildman–Crippen MR) is 114 cm³/mol. The third kappa shape index (κ3) is 4.31. The summed E-state index contributed by atoms with van der Waals surface area (Å²) >= 11 is 0. The standard InChI is InChI=1S/C21H24N6O2S/c1-15-5-6-18(12-16(15)2)30(28,29)27-11-3-4-17(14-27)19-7-8-24-21(25-19)26-20-13-22-9-10-23-20/h5-10,12-13,17H,3-4,11,14H2,1-2H3,(H,23,24,25,26)/t17-/m0/s1. The number of piperidine rings is 1. The molecule has 0 aliphatic carbocycles. The second kappa shape index (κ2) is 8.45. The maximum Gasteiger partial charge on any atom is 0.243 e. The van der Waals surface area contributed by atoms with E-state index in [1.54, 1.807) is 41.2 Å². The van der Waals surface area contributed by atoms with Gasteiger partial charge in [0.15, 0.2) is 5.82 Å². The lowest BCUT2D eigenvalue weighted by Gasteiger charge is -2.31. The van der Waals surface area contributed by atoms with E-state index in [9.17, 15) is 8.42 Å². The molecular formula is C21H24N6O2S. The first-order valence-electron chi connectivity index (χ1n) is 9.87. The third-order valence-corrected chi connectivity index (χ3v) is 7.26. The number of nitrogens with one attached hydrogen (secondary N) is 1. The Bertz CT molecular complexity index is 1140. The number of hydrogen-bond donors (Lipinski definition) is 1. The van der Waals surface area contributed by atoms with Crippen LogP contribution in [-0.4, -0.2) is 45.7 Å². The van der Waals surface area contributed by atoms with Crippen molar-refractivity contribution in [2.75, 3.05) is 18.4 Å². The fraction of sp³-hybridized carbons (Fsp3) is 0.333. The fourth-order valence-corrected chi connectivity index (χ4v) is 5.17. The van der Waals surface area contributed by atoms with Crippen molar-refractivity contribution in [1.82, 2.24) is 24.2 Å². The first-order chi connectivity index (χ1) is 14.4. The molecule has 0 unspecified atom stereocenters. The smallest absolute Gasteiger partial charge is 0.243 e. The molecule has 156 valence electrons. The van der Waals surface area contributed by atoms with E-state index < -0.39 is 10.0 Å². The van der Waals surface area contributed by atoms with Crippen LogP contribution in [0.3, 0.4) is 0 Å². The number of rotatable bonds is 5. The average Bonchev–Trinajstić information content (AvgIpc) is 2.76. The molecule has 0 amide bonds.